The SMILES string of the molecule is CC(C)NCCCC(C)N1CCCc2ccccc2C1. The van der Waals surface area contributed by atoms with E-state index in [-0.39, 0.29) is 0 Å². The second-order valence-electron chi connectivity index (χ2n) is 6.44. The van der Waals surface area contributed by atoms with E-state index in [0.717, 1.165) is 13.1 Å². The smallest absolute Gasteiger partial charge is 0.0239 e. The number of nitrogens with one attached hydrogen (secondary N) is 1. The highest BCUT2D eigenvalue weighted by Gasteiger charge is 2.18. The zero-order valence-corrected chi connectivity index (χ0v) is 13.4. The first-order valence-corrected chi connectivity index (χ1v) is 8.21. The third kappa shape index (κ3) is 4.60. The molecule has 0 aromatic heterocycles. The van der Waals surface area contributed by atoms with E-state index in [1.54, 1.807) is 5.56 Å². The molecule has 1 N–H and O–H groups in total. The van der Waals surface area contributed by atoms with Crippen molar-refractivity contribution in [2.75, 3.05) is 13.1 Å². The van der Waals surface area contributed by atoms with Gasteiger partial charge in [0.25, 0.3) is 0 Å². The van der Waals surface area contributed by atoms with E-state index in [1.165, 1.54) is 37.8 Å². The minimum atomic E-state index is 0.607. The van der Waals surface area contributed by atoms with Crippen molar-refractivity contribution in [3.8, 4) is 0 Å². The summed E-state index contributed by atoms with van der Waals surface area (Å²) in [4.78, 5) is 2.67. The molecular formula is C18H30N2. The van der Waals surface area contributed by atoms with E-state index in [1.807, 2.05) is 0 Å². The Kier molecular flexibility index (Phi) is 6.06. The van der Waals surface area contributed by atoms with E-state index < -0.39 is 0 Å². The monoisotopic (exact) mass is 274 g/mol. The fourth-order valence-electron chi connectivity index (χ4n) is 3.07. The first-order chi connectivity index (χ1) is 9.66. The van der Waals surface area contributed by atoms with Gasteiger partial charge in [0.1, 0.15) is 0 Å². The normalized spacial score (nSPS) is 17.8. The molecule has 0 amide bonds. The van der Waals surface area contributed by atoms with Crippen molar-refractivity contribution in [1.29, 1.82) is 0 Å². The fourth-order valence-corrected chi connectivity index (χ4v) is 3.07. The highest BCUT2D eigenvalue weighted by atomic mass is 15.1. The molecule has 20 heavy (non-hydrogen) atoms. The molecule has 0 fully saturated rings. The van der Waals surface area contributed by atoms with Crippen molar-refractivity contribution < 1.29 is 0 Å². The predicted molar refractivity (Wildman–Crippen MR) is 87.0 cm³/mol. The summed E-state index contributed by atoms with van der Waals surface area (Å²) in [5.74, 6) is 0. The van der Waals surface area contributed by atoms with Crippen molar-refractivity contribution in [3.05, 3.63) is 35.4 Å². The second kappa shape index (κ2) is 7.80. The molecule has 1 aromatic carbocycles. The number of hydrogen-bond acceptors (Lipinski definition) is 2. The second-order valence-corrected chi connectivity index (χ2v) is 6.44. The van der Waals surface area contributed by atoms with Crippen LogP contribution in [0.2, 0.25) is 0 Å². The number of hydrogen-bond donors (Lipinski definition) is 1. The lowest BCUT2D eigenvalue weighted by molar-refractivity contribution is 0.191. The molecule has 1 aliphatic rings. The van der Waals surface area contributed by atoms with Crippen molar-refractivity contribution >= 4 is 0 Å². The maximum Gasteiger partial charge on any atom is 0.0239 e. The van der Waals surface area contributed by atoms with Gasteiger partial charge in [-0.3, -0.25) is 4.90 Å². The topological polar surface area (TPSA) is 15.3 Å². The quantitative estimate of drug-likeness (QED) is 0.797. The summed E-state index contributed by atoms with van der Waals surface area (Å²) in [6, 6.07) is 10.3. The van der Waals surface area contributed by atoms with Crippen LogP contribution in [0.1, 0.15) is 51.2 Å². The van der Waals surface area contributed by atoms with Crippen LogP contribution in [-0.4, -0.2) is 30.1 Å². The molecule has 0 saturated carbocycles. The third-order valence-corrected chi connectivity index (χ3v) is 4.36. The first-order valence-electron chi connectivity index (χ1n) is 8.21. The van der Waals surface area contributed by atoms with Gasteiger partial charge in [0, 0.05) is 18.6 Å². The molecule has 0 spiro atoms. The van der Waals surface area contributed by atoms with Crippen molar-refractivity contribution in [2.24, 2.45) is 0 Å². The van der Waals surface area contributed by atoms with Crippen LogP contribution in [0.15, 0.2) is 24.3 Å². The largest absolute Gasteiger partial charge is 0.315 e. The van der Waals surface area contributed by atoms with E-state index in [2.05, 4.69) is 55.3 Å². The lowest BCUT2D eigenvalue weighted by atomic mass is 10.0. The molecule has 0 aliphatic carbocycles. The van der Waals surface area contributed by atoms with Crippen LogP contribution >= 0.6 is 0 Å². The number of benzene rings is 1. The van der Waals surface area contributed by atoms with Gasteiger partial charge in [-0.15, -0.1) is 0 Å². The van der Waals surface area contributed by atoms with Crippen LogP contribution < -0.4 is 5.32 Å². The Morgan fingerprint density at radius 2 is 1.90 bits per heavy atom. The minimum Gasteiger partial charge on any atom is -0.315 e. The van der Waals surface area contributed by atoms with Crippen molar-refractivity contribution in [3.63, 3.8) is 0 Å². The van der Waals surface area contributed by atoms with E-state index in [4.69, 9.17) is 0 Å². The Labute approximate surface area is 124 Å². The molecule has 2 nitrogen and oxygen atoms in total. The van der Waals surface area contributed by atoms with E-state index in [0.29, 0.717) is 12.1 Å². The van der Waals surface area contributed by atoms with Gasteiger partial charge in [-0.1, -0.05) is 38.1 Å². The number of nitrogens with zero attached hydrogens (tertiary/aromatic N) is 1. The Morgan fingerprint density at radius 1 is 1.15 bits per heavy atom. The third-order valence-electron chi connectivity index (χ3n) is 4.36. The maximum atomic E-state index is 3.51. The van der Waals surface area contributed by atoms with E-state index >= 15 is 0 Å². The molecule has 0 radical (unpaired) electrons. The van der Waals surface area contributed by atoms with Crippen molar-refractivity contribution in [1.82, 2.24) is 10.2 Å². The summed E-state index contributed by atoms with van der Waals surface area (Å²) in [5.41, 5.74) is 3.10. The standard InChI is InChI=1S/C18H30N2/c1-15(2)19-12-6-8-16(3)20-13-7-11-17-9-4-5-10-18(17)14-20/h4-5,9-10,15-16,19H,6-8,11-14H2,1-3H3. The van der Waals surface area contributed by atoms with Crippen LogP contribution in [0.5, 0.6) is 0 Å². The highest BCUT2D eigenvalue weighted by Crippen LogP contribution is 2.21. The van der Waals surface area contributed by atoms with Gasteiger partial charge in [-0.25, -0.2) is 0 Å². The zero-order chi connectivity index (χ0) is 14.4. The van der Waals surface area contributed by atoms with Crippen molar-refractivity contribution in [2.45, 2.75) is 65.1 Å². The highest BCUT2D eigenvalue weighted by molar-refractivity contribution is 5.28. The van der Waals surface area contributed by atoms with Gasteiger partial charge in [0.2, 0.25) is 0 Å². The van der Waals surface area contributed by atoms with Crippen LogP contribution in [0.3, 0.4) is 0 Å². The van der Waals surface area contributed by atoms with Crippen LogP contribution in [0.25, 0.3) is 0 Å². The minimum absolute atomic E-state index is 0.607. The average Bonchev–Trinajstić information content (AvgIpc) is 2.65. The summed E-state index contributed by atoms with van der Waals surface area (Å²) in [6.45, 7) is 10.3. The Bertz CT molecular complexity index is 400. The van der Waals surface area contributed by atoms with Gasteiger partial charge in [-0.05, 0) is 56.8 Å². The molecule has 1 aromatic rings. The van der Waals surface area contributed by atoms with Gasteiger partial charge in [0.15, 0.2) is 0 Å². The fraction of sp³-hybridized carbons (Fsp3) is 0.667. The molecule has 1 unspecified atom stereocenters. The molecule has 1 aliphatic heterocycles. The number of fused-ring (bicyclic) bond motifs is 1. The summed E-state index contributed by atoms with van der Waals surface area (Å²) in [5, 5.41) is 3.51. The molecule has 2 heteroatoms. The summed E-state index contributed by atoms with van der Waals surface area (Å²) < 4.78 is 0. The average molecular weight is 274 g/mol. The van der Waals surface area contributed by atoms with E-state index in [9.17, 15) is 0 Å². The predicted octanol–water partition coefficient (Wildman–Crippen LogP) is 3.60. The van der Waals surface area contributed by atoms with Gasteiger partial charge >= 0.3 is 0 Å². The van der Waals surface area contributed by atoms with Gasteiger partial charge in [0.05, 0.1) is 0 Å². The Balaban J connectivity index is 1.83. The Morgan fingerprint density at radius 3 is 2.65 bits per heavy atom. The molecule has 1 heterocycles. The van der Waals surface area contributed by atoms with Gasteiger partial charge in [-0.2, -0.15) is 0 Å². The molecule has 1 atom stereocenters. The van der Waals surface area contributed by atoms with Crippen LogP contribution in [0.4, 0.5) is 0 Å². The lowest BCUT2D eigenvalue weighted by Crippen LogP contribution is -2.33. The molecule has 112 valence electrons. The Hall–Kier alpha value is -0.860. The first kappa shape index (κ1) is 15.5. The van der Waals surface area contributed by atoms with Crippen LogP contribution in [0, 0.1) is 0 Å². The molecule has 0 saturated heterocycles. The molecular weight excluding hydrogens is 244 g/mol. The number of rotatable bonds is 6. The summed E-state index contributed by atoms with van der Waals surface area (Å²) in [6.07, 6.45) is 5.11. The molecule has 2 rings (SSSR count). The zero-order valence-electron chi connectivity index (χ0n) is 13.4. The maximum absolute atomic E-state index is 3.51. The van der Waals surface area contributed by atoms with Gasteiger partial charge < -0.3 is 5.32 Å². The number of aryl methyl sites for hydroxylation is 1. The lowest BCUT2D eigenvalue weighted by Gasteiger charge is -2.28. The summed E-state index contributed by atoms with van der Waals surface area (Å²) in [7, 11) is 0. The summed E-state index contributed by atoms with van der Waals surface area (Å²) >= 11 is 0. The molecule has 0 bridgehead atoms. The van der Waals surface area contributed by atoms with Crippen LogP contribution in [-0.2, 0) is 13.0 Å².